The lowest BCUT2D eigenvalue weighted by atomic mass is 9.90. The van der Waals surface area contributed by atoms with Crippen LogP contribution in [0.2, 0.25) is 0 Å². The first-order chi connectivity index (χ1) is 7.96. The van der Waals surface area contributed by atoms with Gasteiger partial charge in [-0.1, -0.05) is 51.1 Å². The molecule has 2 aromatic rings. The van der Waals surface area contributed by atoms with Gasteiger partial charge in [-0.05, 0) is 5.41 Å². The summed E-state index contributed by atoms with van der Waals surface area (Å²) < 4.78 is 10.2. The van der Waals surface area contributed by atoms with Crippen molar-refractivity contribution in [2.24, 2.45) is 5.41 Å². The van der Waals surface area contributed by atoms with Crippen LogP contribution in [0.15, 0.2) is 44.0 Å². The van der Waals surface area contributed by atoms with Crippen molar-refractivity contribution in [2.75, 3.05) is 0 Å². The molecule has 0 fully saturated rings. The van der Waals surface area contributed by atoms with Gasteiger partial charge in [0.25, 0.3) is 0 Å². The van der Waals surface area contributed by atoms with Gasteiger partial charge in [0.1, 0.15) is 0 Å². The second kappa shape index (κ2) is 4.24. The Morgan fingerprint density at radius 2 is 1.71 bits per heavy atom. The van der Waals surface area contributed by atoms with Gasteiger partial charge >= 0.3 is 5.82 Å². The minimum absolute atomic E-state index is 0.0450. The highest BCUT2D eigenvalue weighted by molar-refractivity contribution is 5.58. The maximum atomic E-state index is 11.2. The molecular weight excluding hydrogens is 216 g/mol. The number of benzene rings is 1. The largest absolute Gasteiger partial charge is 0.519 e. The van der Waals surface area contributed by atoms with E-state index in [1.54, 1.807) is 0 Å². The fourth-order valence-corrected chi connectivity index (χ4v) is 1.72. The molecule has 90 valence electrons. The van der Waals surface area contributed by atoms with E-state index in [9.17, 15) is 4.79 Å². The van der Waals surface area contributed by atoms with Crippen LogP contribution in [0.3, 0.4) is 0 Å². The Balaban J connectivity index is 2.45. The lowest BCUT2D eigenvalue weighted by molar-refractivity contribution is 0.335. The summed E-state index contributed by atoms with van der Waals surface area (Å²) in [4.78, 5) is 11.2. The van der Waals surface area contributed by atoms with Crippen LogP contribution in [0.5, 0.6) is 0 Å². The lowest BCUT2D eigenvalue weighted by Gasteiger charge is -2.15. The molecule has 0 aliphatic heterocycles. The maximum Gasteiger partial charge on any atom is 0.519 e. The molecule has 0 spiro atoms. The Kier molecular flexibility index (Phi) is 2.92. The Labute approximate surface area is 100 Å². The molecule has 0 aliphatic carbocycles. The van der Waals surface area contributed by atoms with E-state index in [4.69, 9.17) is 8.83 Å². The molecule has 0 bridgehead atoms. The molecule has 0 saturated carbocycles. The van der Waals surface area contributed by atoms with Gasteiger partial charge in [-0.2, -0.15) is 0 Å². The third-order valence-electron chi connectivity index (χ3n) is 2.37. The monoisotopic (exact) mass is 232 g/mol. The summed E-state index contributed by atoms with van der Waals surface area (Å²) in [5.74, 6) is 0.530. The topological polar surface area (TPSA) is 43.4 Å². The van der Waals surface area contributed by atoms with Crippen LogP contribution in [0.4, 0.5) is 0 Å². The van der Waals surface area contributed by atoms with E-state index in [0.29, 0.717) is 17.9 Å². The highest BCUT2D eigenvalue weighted by Crippen LogP contribution is 2.28. The average Bonchev–Trinajstić information content (AvgIpc) is 2.58. The van der Waals surface area contributed by atoms with Gasteiger partial charge in [-0.15, -0.1) is 0 Å². The standard InChI is InChI=1S/C14H16O3/c1-14(2,3)9-11-12(17-13(15)16-11)10-7-5-4-6-8-10/h4-8H,9H2,1-3H3. The van der Waals surface area contributed by atoms with Crippen molar-refractivity contribution in [1.82, 2.24) is 0 Å². The van der Waals surface area contributed by atoms with Crippen molar-refractivity contribution in [3.8, 4) is 11.3 Å². The molecule has 0 saturated heterocycles. The Hall–Kier alpha value is -1.77. The number of rotatable bonds is 2. The minimum atomic E-state index is -0.636. The quantitative estimate of drug-likeness (QED) is 0.796. The summed E-state index contributed by atoms with van der Waals surface area (Å²) in [7, 11) is 0. The first kappa shape index (κ1) is 11.7. The molecule has 0 N–H and O–H groups in total. The van der Waals surface area contributed by atoms with Crippen LogP contribution in [0.25, 0.3) is 11.3 Å². The normalized spacial score (nSPS) is 11.7. The van der Waals surface area contributed by atoms with Gasteiger partial charge in [0.05, 0.1) is 0 Å². The molecule has 17 heavy (non-hydrogen) atoms. The van der Waals surface area contributed by atoms with Gasteiger partial charge < -0.3 is 8.83 Å². The van der Waals surface area contributed by atoms with Crippen molar-refractivity contribution in [3.05, 3.63) is 46.7 Å². The Morgan fingerprint density at radius 3 is 2.29 bits per heavy atom. The third kappa shape index (κ3) is 2.87. The summed E-state index contributed by atoms with van der Waals surface area (Å²) >= 11 is 0. The number of hydrogen-bond acceptors (Lipinski definition) is 3. The van der Waals surface area contributed by atoms with Crippen molar-refractivity contribution < 1.29 is 8.83 Å². The molecule has 1 aromatic heterocycles. The summed E-state index contributed by atoms with van der Waals surface area (Å²) in [6.45, 7) is 6.28. The van der Waals surface area contributed by atoms with E-state index in [1.807, 2.05) is 30.3 Å². The number of hydrogen-bond donors (Lipinski definition) is 0. The molecule has 0 unspecified atom stereocenters. The fraction of sp³-hybridized carbons (Fsp3) is 0.357. The van der Waals surface area contributed by atoms with Crippen LogP contribution in [0.1, 0.15) is 26.5 Å². The zero-order valence-electron chi connectivity index (χ0n) is 10.3. The van der Waals surface area contributed by atoms with Crippen molar-refractivity contribution in [1.29, 1.82) is 0 Å². The smallest absolute Gasteiger partial charge is 0.395 e. The van der Waals surface area contributed by atoms with Crippen LogP contribution < -0.4 is 5.82 Å². The van der Waals surface area contributed by atoms with Crippen LogP contribution in [-0.4, -0.2) is 0 Å². The van der Waals surface area contributed by atoms with Crippen LogP contribution in [-0.2, 0) is 6.42 Å². The van der Waals surface area contributed by atoms with Gasteiger partial charge in [0.15, 0.2) is 11.5 Å². The van der Waals surface area contributed by atoms with E-state index in [0.717, 1.165) is 5.56 Å². The minimum Gasteiger partial charge on any atom is -0.395 e. The van der Waals surface area contributed by atoms with E-state index < -0.39 is 5.82 Å². The fourth-order valence-electron chi connectivity index (χ4n) is 1.72. The molecule has 3 heteroatoms. The van der Waals surface area contributed by atoms with Gasteiger partial charge in [-0.3, -0.25) is 0 Å². The van der Waals surface area contributed by atoms with E-state index in [2.05, 4.69) is 20.8 Å². The van der Waals surface area contributed by atoms with Crippen LogP contribution >= 0.6 is 0 Å². The Bertz CT molecular complexity index is 541. The molecule has 2 rings (SSSR count). The van der Waals surface area contributed by atoms with E-state index in [1.165, 1.54) is 0 Å². The summed E-state index contributed by atoms with van der Waals surface area (Å²) in [6.07, 6.45) is 0.670. The summed E-state index contributed by atoms with van der Waals surface area (Å²) in [6, 6.07) is 9.54. The second-order valence-electron chi connectivity index (χ2n) is 5.31. The first-order valence-electron chi connectivity index (χ1n) is 5.64. The van der Waals surface area contributed by atoms with Crippen LogP contribution in [0, 0.1) is 5.41 Å². The molecule has 0 amide bonds. The van der Waals surface area contributed by atoms with Crippen molar-refractivity contribution >= 4 is 0 Å². The van der Waals surface area contributed by atoms with Gasteiger partial charge in [0, 0.05) is 12.0 Å². The molecule has 0 aliphatic rings. The Morgan fingerprint density at radius 1 is 1.06 bits per heavy atom. The van der Waals surface area contributed by atoms with Crippen molar-refractivity contribution in [2.45, 2.75) is 27.2 Å². The molecule has 0 radical (unpaired) electrons. The highest BCUT2D eigenvalue weighted by atomic mass is 16.6. The third-order valence-corrected chi connectivity index (χ3v) is 2.37. The van der Waals surface area contributed by atoms with E-state index in [-0.39, 0.29) is 5.41 Å². The predicted molar refractivity (Wildman–Crippen MR) is 65.8 cm³/mol. The average molecular weight is 232 g/mol. The highest BCUT2D eigenvalue weighted by Gasteiger charge is 2.21. The molecule has 1 aromatic carbocycles. The summed E-state index contributed by atoms with van der Waals surface area (Å²) in [5.41, 5.74) is 0.918. The maximum absolute atomic E-state index is 11.2. The summed E-state index contributed by atoms with van der Waals surface area (Å²) in [5, 5.41) is 0. The zero-order chi connectivity index (χ0) is 12.5. The van der Waals surface area contributed by atoms with Gasteiger partial charge in [0.2, 0.25) is 0 Å². The second-order valence-corrected chi connectivity index (χ2v) is 5.31. The van der Waals surface area contributed by atoms with E-state index >= 15 is 0 Å². The first-order valence-corrected chi connectivity index (χ1v) is 5.64. The molecule has 3 nitrogen and oxygen atoms in total. The van der Waals surface area contributed by atoms with Crippen molar-refractivity contribution in [3.63, 3.8) is 0 Å². The SMILES string of the molecule is CC(C)(C)Cc1oc(=O)oc1-c1ccccc1. The lowest BCUT2D eigenvalue weighted by Crippen LogP contribution is -2.09. The zero-order valence-corrected chi connectivity index (χ0v) is 10.3. The molecule has 1 heterocycles. The predicted octanol–water partition coefficient (Wildman–Crippen LogP) is 3.49. The van der Waals surface area contributed by atoms with Gasteiger partial charge in [-0.25, -0.2) is 4.79 Å². The molecule has 0 atom stereocenters. The molecular formula is C14H16O3.